The fraction of sp³-hybridized carbons (Fsp3) is 0.286. The van der Waals surface area contributed by atoms with Crippen molar-refractivity contribution in [3.8, 4) is 16.9 Å². The van der Waals surface area contributed by atoms with Crippen LogP contribution < -0.4 is 4.74 Å². The fourth-order valence-electron chi connectivity index (χ4n) is 3.61. The van der Waals surface area contributed by atoms with Gasteiger partial charge < -0.3 is 9.64 Å². The Labute approximate surface area is 155 Å². The zero-order chi connectivity index (χ0) is 19.1. The van der Waals surface area contributed by atoms with E-state index in [4.69, 9.17) is 4.74 Å². The number of likely N-dealkylation sites (tertiary alicyclic amines) is 1. The Hall–Kier alpha value is -2.76. The second-order valence-corrected chi connectivity index (χ2v) is 6.91. The molecule has 2 aliphatic rings. The van der Waals surface area contributed by atoms with E-state index in [1.807, 2.05) is 60.7 Å². The lowest BCUT2D eigenvalue weighted by molar-refractivity contribution is -0.187. The molecule has 0 unspecified atom stereocenters. The molecule has 27 heavy (non-hydrogen) atoms. The van der Waals surface area contributed by atoms with Gasteiger partial charge in [-0.05, 0) is 29.3 Å². The number of ether oxygens (including phenoxy) is 1. The van der Waals surface area contributed by atoms with E-state index in [2.05, 4.69) is 0 Å². The third kappa shape index (κ3) is 3.44. The number of alkyl halides is 3. The average Bonchev–Trinajstić information content (AvgIpc) is 2.68. The van der Waals surface area contributed by atoms with Gasteiger partial charge in [0, 0.05) is 31.5 Å². The predicted molar refractivity (Wildman–Crippen MR) is 96.1 cm³/mol. The van der Waals surface area contributed by atoms with Crippen molar-refractivity contribution in [2.45, 2.75) is 24.6 Å². The van der Waals surface area contributed by atoms with Gasteiger partial charge in [0.05, 0.1) is 0 Å². The smallest absolute Gasteiger partial charge is 0.471 e. The number of hydrogen-bond acceptors (Lipinski definition) is 2. The fourth-order valence-corrected chi connectivity index (χ4v) is 3.61. The van der Waals surface area contributed by atoms with Gasteiger partial charge in [-0.1, -0.05) is 42.5 Å². The summed E-state index contributed by atoms with van der Waals surface area (Å²) >= 11 is 0. The first-order valence-corrected chi connectivity index (χ1v) is 8.80. The van der Waals surface area contributed by atoms with Gasteiger partial charge in [-0.3, -0.25) is 4.79 Å². The highest BCUT2D eigenvalue weighted by Crippen LogP contribution is 2.39. The Morgan fingerprint density at radius 1 is 1.00 bits per heavy atom. The molecule has 6 heteroatoms. The Bertz CT molecular complexity index is 882. The monoisotopic (exact) mass is 373 g/mol. The first-order chi connectivity index (χ1) is 12.9. The number of hydrogen-bond donors (Lipinski definition) is 0. The van der Waals surface area contributed by atoms with E-state index in [9.17, 15) is 18.0 Å². The number of amides is 1. The number of piperidine rings is 1. The SMILES string of the molecule is O=C(N1CCC2(C=Cc3cc(-c4ccccc4)ccc3O2)CC1)C(F)(F)F. The molecule has 0 N–H and O–H groups in total. The van der Waals surface area contributed by atoms with E-state index >= 15 is 0 Å². The molecule has 3 nitrogen and oxygen atoms in total. The molecule has 2 aromatic carbocycles. The second kappa shape index (κ2) is 6.44. The molecular formula is C21H18F3NO2. The van der Waals surface area contributed by atoms with Gasteiger partial charge in [0.1, 0.15) is 11.4 Å². The molecular weight excluding hydrogens is 355 g/mol. The molecule has 0 bridgehead atoms. The number of nitrogens with zero attached hydrogens (tertiary/aromatic N) is 1. The van der Waals surface area contributed by atoms with E-state index in [1.54, 1.807) is 0 Å². The maximum absolute atomic E-state index is 12.6. The molecule has 1 spiro atoms. The van der Waals surface area contributed by atoms with Crippen molar-refractivity contribution < 1.29 is 22.7 Å². The van der Waals surface area contributed by atoms with Crippen molar-refractivity contribution in [3.63, 3.8) is 0 Å². The van der Waals surface area contributed by atoms with Crippen LogP contribution in [0.25, 0.3) is 17.2 Å². The van der Waals surface area contributed by atoms with Crippen LogP contribution in [0.3, 0.4) is 0 Å². The van der Waals surface area contributed by atoms with Crippen molar-refractivity contribution in [1.29, 1.82) is 0 Å². The lowest BCUT2D eigenvalue weighted by Crippen LogP contribution is -2.52. The number of carbonyl (C=O) groups excluding carboxylic acids is 1. The van der Waals surface area contributed by atoms with Crippen LogP contribution in [-0.2, 0) is 4.79 Å². The minimum Gasteiger partial charge on any atom is -0.482 e. The second-order valence-electron chi connectivity index (χ2n) is 6.91. The molecule has 0 radical (unpaired) electrons. The van der Waals surface area contributed by atoms with Crippen molar-refractivity contribution in [2.24, 2.45) is 0 Å². The third-order valence-electron chi connectivity index (χ3n) is 5.14. The van der Waals surface area contributed by atoms with Crippen molar-refractivity contribution in [2.75, 3.05) is 13.1 Å². The van der Waals surface area contributed by atoms with E-state index in [-0.39, 0.29) is 13.1 Å². The zero-order valence-electron chi connectivity index (χ0n) is 14.5. The number of fused-ring (bicyclic) bond motifs is 1. The van der Waals surface area contributed by atoms with Gasteiger partial charge in [-0.2, -0.15) is 13.2 Å². The molecule has 2 aromatic rings. The quantitative estimate of drug-likeness (QED) is 0.726. The van der Waals surface area contributed by atoms with Gasteiger partial charge in [-0.15, -0.1) is 0 Å². The van der Waals surface area contributed by atoms with Gasteiger partial charge in [0.15, 0.2) is 0 Å². The molecule has 2 heterocycles. The van der Waals surface area contributed by atoms with Crippen molar-refractivity contribution in [1.82, 2.24) is 4.90 Å². The minimum absolute atomic E-state index is 0.0279. The van der Waals surface area contributed by atoms with Crippen LogP contribution in [-0.4, -0.2) is 35.7 Å². The Balaban J connectivity index is 1.50. The van der Waals surface area contributed by atoms with E-state index < -0.39 is 17.7 Å². The highest BCUT2D eigenvalue weighted by atomic mass is 19.4. The first kappa shape index (κ1) is 17.6. The zero-order valence-corrected chi connectivity index (χ0v) is 14.5. The maximum atomic E-state index is 12.6. The molecule has 0 aromatic heterocycles. The summed E-state index contributed by atoms with van der Waals surface area (Å²) in [5.74, 6) is -1.06. The molecule has 0 aliphatic carbocycles. The standard InChI is InChI=1S/C21H18F3NO2/c22-21(23,24)19(26)25-12-10-20(11-13-25)9-8-17-14-16(6-7-18(17)27-20)15-4-2-1-3-5-15/h1-9,14H,10-13H2. The van der Waals surface area contributed by atoms with Crippen LogP contribution in [0.1, 0.15) is 18.4 Å². The normalized spacial score (nSPS) is 18.1. The predicted octanol–water partition coefficient (Wildman–Crippen LogP) is 4.68. The summed E-state index contributed by atoms with van der Waals surface area (Å²) in [6.07, 6.45) is -0.267. The van der Waals surface area contributed by atoms with Crippen LogP contribution in [0.4, 0.5) is 13.2 Å². The molecule has 1 fully saturated rings. The molecule has 1 saturated heterocycles. The summed E-state index contributed by atoms with van der Waals surface area (Å²) in [6, 6.07) is 15.9. The number of halogens is 3. The number of rotatable bonds is 1. The largest absolute Gasteiger partial charge is 0.482 e. The van der Waals surface area contributed by atoms with Crippen LogP contribution in [0.2, 0.25) is 0 Å². The average molecular weight is 373 g/mol. The maximum Gasteiger partial charge on any atom is 0.471 e. The Morgan fingerprint density at radius 2 is 1.70 bits per heavy atom. The van der Waals surface area contributed by atoms with E-state index in [1.165, 1.54) is 0 Å². The van der Waals surface area contributed by atoms with E-state index in [0.717, 1.165) is 21.6 Å². The summed E-state index contributed by atoms with van der Waals surface area (Å²) in [4.78, 5) is 12.3. The van der Waals surface area contributed by atoms with Crippen molar-refractivity contribution in [3.05, 3.63) is 60.2 Å². The van der Waals surface area contributed by atoms with Crippen LogP contribution in [0.15, 0.2) is 54.6 Å². The minimum atomic E-state index is -4.83. The lowest BCUT2D eigenvalue weighted by Gasteiger charge is -2.42. The van der Waals surface area contributed by atoms with Crippen LogP contribution in [0.5, 0.6) is 5.75 Å². The lowest BCUT2D eigenvalue weighted by atomic mass is 9.87. The summed E-state index contributed by atoms with van der Waals surface area (Å²) in [5, 5.41) is 0. The Morgan fingerprint density at radius 3 is 2.37 bits per heavy atom. The van der Waals surface area contributed by atoms with Crippen LogP contribution in [0, 0.1) is 0 Å². The molecule has 0 atom stereocenters. The third-order valence-corrected chi connectivity index (χ3v) is 5.14. The molecule has 0 saturated carbocycles. The summed E-state index contributed by atoms with van der Waals surface area (Å²) in [6.45, 7) is 0.0558. The summed E-state index contributed by atoms with van der Waals surface area (Å²) in [5.41, 5.74) is 2.47. The number of carbonyl (C=O) groups is 1. The first-order valence-electron chi connectivity index (χ1n) is 8.80. The van der Waals surface area contributed by atoms with E-state index in [0.29, 0.717) is 18.6 Å². The molecule has 1 amide bonds. The highest BCUT2D eigenvalue weighted by Gasteiger charge is 2.46. The topological polar surface area (TPSA) is 29.5 Å². The van der Waals surface area contributed by atoms with Gasteiger partial charge in [0.2, 0.25) is 0 Å². The number of benzene rings is 2. The Kier molecular flexibility index (Phi) is 4.21. The molecule has 4 rings (SSSR count). The summed E-state index contributed by atoms with van der Waals surface area (Å²) < 4.78 is 44.0. The highest BCUT2D eigenvalue weighted by molar-refractivity contribution is 5.82. The van der Waals surface area contributed by atoms with Gasteiger partial charge in [-0.25, -0.2) is 0 Å². The van der Waals surface area contributed by atoms with Gasteiger partial charge >= 0.3 is 12.1 Å². The summed E-state index contributed by atoms with van der Waals surface area (Å²) in [7, 11) is 0. The van der Waals surface area contributed by atoms with Crippen molar-refractivity contribution >= 4 is 12.0 Å². The molecule has 2 aliphatic heterocycles. The van der Waals surface area contributed by atoms with Crippen LogP contribution >= 0.6 is 0 Å². The van der Waals surface area contributed by atoms with Gasteiger partial charge in [0.25, 0.3) is 0 Å². The molecule has 140 valence electrons.